The molecule has 0 aliphatic carbocycles. The summed E-state index contributed by atoms with van der Waals surface area (Å²) < 4.78 is 0. The molecule has 0 radical (unpaired) electrons. The van der Waals surface area contributed by atoms with Gasteiger partial charge in [-0.1, -0.05) is 6.07 Å². The van der Waals surface area contributed by atoms with Gasteiger partial charge in [0.15, 0.2) is 6.04 Å². The predicted octanol–water partition coefficient (Wildman–Crippen LogP) is 0.802. The van der Waals surface area contributed by atoms with Gasteiger partial charge in [-0.25, -0.2) is 9.59 Å². The highest BCUT2D eigenvalue weighted by Crippen LogP contribution is 2.16. The number of urea groups is 1. The zero-order valence-electron chi connectivity index (χ0n) is 10.4. The molecule has 0 unspecified atom stereocenters. The van der Waals surface area contributed by atoms with Crippen molar-refractivity contribution >= 4 is 28.6 Å². The topological polar surface area (TPSA) is 112 Å². The average molecular weight is 275 g/mol. The minimum absolute atomic E-state index is 0.505. The number of aromatic nitrogens is 1. The van der Waals surface area contributed by atoms with Crippen molar-refractivity contribution in [3.05, 3.63) is 36.5 Å². The smallest absolute Gasteiger partial charge is 0.328 e. The van der Waals surface area contributed by atoms with Crippen molar-refractivity contribution in [2.24, 2.45) is 0 Å². The van der Waals surface area contributed by atoms with E-state index in [0.717, 1.165) is 10.9 Å². The van der Waals surface area contributed by atoms with E-state index in [0.29, 0.717) is 5.69 Å². The Kier molecular flexibility index (Phi) is 4.11. The fraction of sp³-hybridized carbons (Fsp3) is 0.154. The molecule has 0 bridgehead atoms. The van der Waals surface area contributed by atoms with Crippen LogP contribution in [-0.4, -0.2) is 39.8 Å². The van der Waals surface area contributed by atoms with Crippen LogP contribution in [0, 0.1) is 0 Å². The summed E-state index contributed by atoms with van der Waals surface area (Å²) in [4.78, 5) is 26.4. The average Bonchev–Trinajstić information content (AvgIpc) is 2.44. The molecule has 0 saturated heterocycles. The Labute approximate surface area is 114 Å². The first-order valence-corrected chi connectivity index (χ1v) is 5.86. The molecule has 0 saturated carbocycles. The highest BCUT2D eigenvalue weighted by molar-refractivity contribution is 5.94. The van der Waals surface area contributed by atoms with Crippen molar-refractivity contribution in [1.29, 1.82) is 0 Å². The van der Waals surface area contributed by atoms with Crippen LogP contribution in [0.5, 0.6) is 0 Å². The van der Waals surface area contributed by atoms with E-state index in [4.69, 9.17) is 10.2 Å². The number of benzene rings is 1. The lowest BCUT2D eigenvalue weighted by Gasteiger charge is -2.12. The molecule has 2 rings (SSSR count). The number of fused-ring (bicyclic) bond motifs is 1. The number of hydrogen-bond acceptors (Lipinski definition) is 4. The number of aliphatic hydroxyl groups excluding tert-OH is 1. The number of anilines is 1. The van der Waals surface area contributed by atoms with Crippen LogP contribution >= 0.6 is 0 Å². The van der Waals surface area contributed by atoms with Gasteiger partial charge >= 0.3 is 12.0 Å². The second-order valence-corrected chi connectivity index (χ2v) is 4.08. The molecule has 1 atom stereocenters. The van der Waals surface area contributed by atoms with Crippen LogP contribution in [0.3, 0.4) is 0 Å². The highest BCUT2D eigenvalue weighted by atomic mass is 16.4. The number of aliphatic carboxylic acids is 1. The molecule has 0 spiro atoms. The predicted molar refractivity (Wildman–Crippen MR) is 72.4 cm³/mol. The third-order valence-corrected chi connectivity index (χ3v) is 2.65. The lowest BCUT2D eigenvalue weighted by molar-refractivity contribution is -0.140. The van der Waals surface area contributed by atoms with E-state index < -0.39 is 24.6 Å². The highest BCUT2D eigenvalue weighted by Gasteiger charge is 2.18. The standard InChI is InChI=1S/C13H13N3O4/c17-7-11(12(18)19)16-13(20)15-9-3-4-10-8(6-9)2-1-5-14-10/h1-6,11,17H,7H2,(H,18,19)(H2,15,16,20)/t11-/m1/s1. The number of nitrogens with zero attached hydrogens (tertiary/aromatic N) is 1. The summed E-state index contributed by atoms with van der Waals surface area (Å²) in [6, 6.07) is 6.70. The second kappa shape index (κ2) is 5.98. The molecule has 1 aromatic carbocycles. The van der Waals surface area contributed by atoms with Crippen molar-refractivity contribution < 1.29 is 19.8 Å². The van der Waals surface area contributed by atoms with E-state index in [9.17, 15) is 9.59 Å². The summed E-state index contributed by atoms with van der Waals surface area (Å²) in [6.07, 6.45) is 1.67. The summed E-state index contributed by atoms with van der Waals surface area (Å²) in [7, 11) is 0. The second-order valence-electron chi connectivity index (χ2n) is 4.08. The quantitative estimate of drug-likeness (QED) is 0.659. The first kappa shape index (κ1) is 13.8. The fourth-order valence-electron chi connectivity index (χ4n) is 1.66. The van der Waals surface area contributed by atoms with Crippen molar-refractivity contribution in [1.82, 2.24) is 10.3 Å². The SMILES string of the molecule is O=C(Nc1ccc2ncccc2c1)N[C@H](CO)C(=O)O. The number of carbonyl (C=O) groups excluding carboxylic acids is 1. The van der Waals surface area contributed by atoms with Crippen LogP contribution < -0.4 is 10.6 Å². The van der Waals surface area contributed by atoms with E-state index in [1.165, 1.54) is 0 Å². The first-order chi connectivity index (χ1) is 9.60. The number of rotatable bonds is 4. The summed E-state index contributed by atoms with van der Waals surface area (Å²) in [5.41, 5.74) is 1.29. The third kappa shape index (κ3) is 3.21. The molecular weight excluding hydrogens is 262 g/mol. The van der Waals surface area contributed by atoms with Crippen LogP contribution in [0.25, 0.3) is 10.9 Å². The molecule has 1 aromatic heterocycles. The van der Waals surface area contributed by atoms with E-state index in [1.807, 2.05) is 6.07 Å². The molecule has 0 fully saturated rings. The number of nitrogens with one attached hydrogen (secondary N) is 2. The van der Waals surface area contributed by atoms with Gasteiger partial charge in [-0.3, -0.25) is 4.98 Å². The molecule has 0 aliphatic heterocycles. The zero-order chi connectivity index (χ0) is 14.5. The number of carboxylic acid groups (broad SMARTS) is 1. The van der Waals surface area contributed by atoms with Crippen LogP contribution in [0.2, 0.25) is 0 Å². The number of hydrogen-bond donors (Lipinski definition) is 4. The van der Waals surface area contributed by atoms with E-state index >= 15 is 0 Å². The maximum absolute atomic E-state index is 11.6. The van der Waals surface area contributed by atoms with Gasteiger partial charge in [0.1, 0.15) is 0 Å². The van der Waals surface area contributed by atoms with Gasteiger partial charge in [0.05, 0.1) is 12.1 Å². The molecular formula is C13H13N3O4. The monoisotopic (exact) mass is 275 g/mol. The van der Waals surface area contributed by atoms with Crippen LogP contribution in [0.4, 0.5) is 10.5 Å². The normalized spacial score (nSPS) is 11.8. The summed E-state index contributed by atoms with van der Waals surface area (Å²) in [6.45, 7) is -0.676. The number of pyridine rings is 1. The Bertz CT molecular complexity index is 644. The Morgan fingerprint density at radius 3 is 2.80 bits per heavy atom. The van der Waals surface area contributed by atoms with Crippen LogP contribution in [0.1, 0.15) is 0 Å². The third-order valence-electron chi connectivity index (χ3n) is 2.65. The van der Waals surface area contributed by atoms with Gasteiger partial charge in [-0.05, 0) is 24.3 Å². The van der Waals surface area contributed by atoms with Gasteiger partial charge in [0, 0.05) is 17.3 Å². The van der Waals surface area contributed by atoms with Crippen molar-refractivity contribution in [2.45, 2.75) is 6.04 Å². The molecule has 7 heteroatoms. The summed E-state index contributed by atoms with van der Waals surface area (Å²) >= 11 is 0. The first-order valence-electron chi connectivity index (χ1n) is 5.86. The lowest BCUT2D eigenvalue weighted by Crippen LogP contribution is -2.45. The molecule has 20 heavy (non-hydrogen) atoms. The van der Waals surface area contributed by atoms with Gasteiger partial charge in [-0.15, -0.1) is 0 Å². The van der Waals surface area contributed by atoms with Gasteiger partial charge in [0.25, 0.3) is 0 Å². The summed E-state index contributed by atoms with van der Waals surface area (Å²) in [5.74, 6) is -1.30. The van der Waals surface area contributed by atoms with E-state index in [1.54, 1.807) is 30.5 Å². The lowest BCUT2D eigenvalue weighted by atomic mass is 10.2. The minimum atomic E-state index is -1.34. The van der Waals surface area contributed by atoms with Crippen molar-refractivity contribution in [3.8, 4) is 0 Å². The molecule has 7 nitrogen and oxygen atoms in total. The Morgan fingerprint density at radius 1 is 1.30 bits per heavy atom. The number of amides is 2. The molecule has 4 N–H and O–H groups in total. The Hall–Kier alpha value is -2.67. The van der Waals surface area contributed by atoms with Gasteiger partial charge in [-0.2, -0.15) is 0 Å². The Morgan fingerprint density at radius 2 is 2.10 bits per heavy atom. The van der Waals surface area contributed by atoms with Crippen LogP contribution in [0.15, 0.2) is 36.5 Å². The molecule has 1 heterocycles. The largest absolute Gasteiger partial charge is 0.480 e. The summed E-state index contributed by atoms with van der Waals surface area (Å²) in [5, 5.41) is 23.0. The maximum atomic E-state index is 11.6. The van der Waals surface area contributed by atoms with Crippen LogP contribution in [-0.2, 0) is 4.79 Å². The molecule has 0 aliphatic rings. The number of aliphatic hydroxyl groups is 1. The van der Waals surface area contributed by atoms with Crippen molar-refractivity contribution in [3.63, 3.8) is 0 Å². The van der Waals surface area contributed by atoms with E-state index in [-0.39, 0.29) is 0 Å². The minimum Gasteiger partial charge on any atom is -0.480 e. The fourth-order valence-corrected chi connectivity index (χ4v) is 1.66. The Balaban J connectivity index is 2.07. The molecule has 2 aromatic rings. The van der Waals surface area contributed by atoms with Gasteiger partial charge in [0.2, 0.25) is 0 Å². The maximum Gasteiger partial charge on any atom is 0.328 e. The zero-order valence-corrected chi connectivity index (χ0v) is 10.4. The molecule has 2 amide bonds. The van der Waals surface area contributed by atoms with E-state index in [2.05, 4.69) is 15.6 Å². The van der Waals surface area contributed by atoms with Crippen molar-refractivity contribution in [2.75, 3.05) is 11.9 Å². The molecule has 104 valence electrons. The van der Waals surface area contributed by atoms with Gasteiger partial charge < -0.3 is 20.8 Å². The number of carbonyl (C=O) groups is 2. The number of carboxylic acids is 1.